The molecule has 9 nitrogen and oxygen atoms in total. The average molecular weight is 456 g/mol. The van der Waals surface area contributed by atoms with Gasteiger partial charge in [0.15, 0.2) is 5.69 Å². The predicted octanol–water partition coefficient (Wildman–Crippen LogP) is 2.14. The number of aromatic amines is 1. The molecule has 0 aliphatic rings. The van der Waals surface area contributed by atoms with E-state index in [4.69, 9.17) is 23.1 Å². The number of hydrogen-bond acceptors (Lipinski definition) is 5. The van der Waals surface area contributed by atoms with Crippen LogP contribution in [0.5, 0.6) is 0 Å². The van der Waals surface area contributed by atoms with Crippen LogP contribution in [0, 0.1) is 5.82 Å². The molecule has 32 heavy (non-hydrogen) atoms. The number of benzene rings is 2. The number of H-pyrrole nitrogens is 1. The molecule has 0 unspecified atom stereocenters. The highest BCUT2D eigenvalue weighted by atomic mass is 35.5. The molecular weight excluding hydrogens is 437 g/mol. The van der Waals surface area contributed by atoms with Crippen LogP contribution in [0.1, 0.15) is 27.3 Å². The van der Waals surface area contributed by atoms with Gasteiger partial charge in [-0.25, -0.2) is 9.37 Å². The van der Waals surface area contributed by atoms with Crippen LogP contribution in [0.25, 0.3) is 10.9 Å². The number of halogens is 2. The first-order valence-electron chi connectivity index (χ1n) is 9.60. The third-order valence-electron chi connectivity index (χ3n) is 5.01. The van der Waals surface area contributed by atoms with Gasteiger partial charge >= 0.3 is 0 Å². The fraction of sp³-hybridized carbons (Fsp3) is 0.143. The molecule has 0 fully saturated rings. The largest absolute Gasteiger partial charge is 0.398 e. The monoisotopic (exact) mass is 455 g/mol. The number of anilines is 1. The Bertz CT molecular complexity index is 1320. The lowest BCUT2D eigenvalue weighted by Gasteiger charge is -2.09. The van der Waals surface area contributed by atoms with Crippen molar-refractivity contribution >= 4 is 40.0 Å². The van der Waals surface area contributed by atoms with E-state index in [0.29, 0.717) is 34.3 Å². The molecule has 0 saturated heterocycles. The van der Waals surface area contributed by atoms with Crippen molar-refractivity contribution in [3.05, 3.63) is 76.2 Å². The maximum atomic E-state index is 14.0. The van der Waals surface area contributed by atoms with Crippen LogP contribution >= 0.6 is 11.6 Å². The fourth-order valence-corrected chi connectivity index (χ4v) is 3.67. The molecule has 0 aliphatic heterocycles. The molecule has 2 heterocycles. The lowest BCUT2D eigenvalue weighted by Crippen LogP contribution is -2.28. The number of amides is 2. The van der Waals surface area contributed by atoms with Crippen LogP contribution < -0.4 is 16.8 Å². The first-order chi connectivity index (χ1) is 15.3. The Kier molecular flexibility index (Phi) is 5.78. The van der Waals surface area contributed by atoms with Crippen molar-refractivity contribution in [1.29, 1.82) is 0 Å². The predicted molar refractivity (Wildman–Crippen MR) is 117 cm³/mol. The van der Waals surface area contributed by atoms with E-state index < -0.39 is 17.6 Å². The number of nitrogen functional groups attached to an aromatic ring is 1. The van der Waals surface area contributed by atoms with Gasteiger partial charge in [0.05, 0.1) is 22.6 Å². The highest BCUT2D eigenvalue weighted by Gasteiger charge is 2.21. The van der Waals surface area contributed by atoms with E-state index in [9.17, 15) is 14.0 Å². The van der Waals surface area contributed by atoms with Crippen molar-refractivity contribution in [2.45, 2.75) is 19.5 Å². The number of hydrogen-bond donors (Lipinski definition) is 4. The summed E-state index contributed by atoms with van der Waals surface area (Å²) in [5.41, 5.74) is 14.3. The second-order valence-electron chi connectivity index (χ2n) is 7.12. The number of nitrogens with zero attached hydrogens (tertiary/aromatic N) is 3. The first-order valence-corrected chi connectivity index (χ1v) is 9.98. The second kappa shape index (κ2) is 8.67. The number of nitrogens with one attached hydrogen (secondary N) is 2. The number of aromatic nitrogens is 4. The Morgan fingerprint density at radius 1 is 1.25 bits per heavy atom. The number of nitrogens with two attached hydrogens (primary N) is 2. The maximum Gasteiger partial charge on any atom is 0.269 e. The molecule has 0 aliphatic carbocycles. The first kappa shape index (κ1) is 21.3. The van der Waals surface area contributed by atoms with Crippen molar-refractivity contribution in [3.8, 4) is 0 Å². The van der Waals surface area contributed by atoms with Gasteiger partial charge in [0.25, 0.3) is 5.91 Å². The molecule has 2 aromatic carbocycles. The molecule has 0 atom stereocenters. The normalized spacial score (nSPS) is 11.1. The van der Waals surface area contributed by atoms with Gasteiger partial charge in [-0.1, -0.05) is 23.7 Å². The van der Waals surface area contributed by atoms with Gasteiger partial charge in [0.1, 0.15) is 12.4 Å². The van der Waals surface area contributed by atoms with E-state index in [1.807, 2.05) is 0 Å². The maximum absolute atomic E-state index is 14.0. The van der Waals surface area contributed by atoms with Crippen LogP contribution in [0.4, 0.5) is 10.1 Å². The molecule has 0 spiro atoms. The highest BCUT2D eigenvalue weighted by Crippen LogP contribution is 2.29. The molecule has 0 bridgehead atoms. The molecule has 4 aromatic rings. The molecule has 0 radical (unpaired) electrons. The molecule has 2 amide bonds. The summed E-state index contributed by atoms with van der Waals surface area (Å²) < 4.78 is 15.4. The average Bonchev–Trinajstić information content (AvgIpc) is 3.39. The lowest BCUT2D eigenvalue weighted by atomic mass is 10.0. The van der Waals surface area contributed by atoms with Gasteiger partial charge in [0.2, 0.25) is 5.91 Å². The van der Waals surface area contributed by atoms with Gasteiger partial charge in [-0.3, -0.25) is 14.3 Å². The molecule has 4 rings (SSSR count). The van der Waals surface area contributed by atoms with Crippen LogP contribution in [0.2, 0.25) is 5.02 Å². The summed E-state index contributed by atoms with van der Waals surface area (Å²) in [7, 11) is 0. The standard InChI is InChI=1S/C21H19ClFN7O2/c22-14-3-1-2-11(19(14)23)7-27-17(31)9-30-16-5-4-15(24)13(6-12-8-26-10-28-12)18(16)20(29-30)21(25)32/h1-5,8,10H,6-7,9,24H2,(H2,25,32)(H,26,28)(H,27,31). The fourth-order valence-electron chi connectivity index (χ4n) is 3.48. The summed E-state index contributed by atoms with van der Waals surface area (Å²) >= 11 is 5.77. The van der Waals surface area contributed by atoms with Crippen molar-refractivity contribution in [2.24, 2.45) is 5.73 Å². The summed E-state index contributed by atoms with van der Waals surface area (Å²) in [6.45, 7) is -0.262. The summed E-state index contributed by atoms with van der Waals surface area (Å²) in [4.78, 5) is 31.7. The third kappa shape index (κ3) is 4.12. The van der Waals surface area contributed by atoms with E-state index in [1.54, 1.807) is 24.4 Å². The Morgan fingerprint density at radius 3 is 2.78 bits per heavy atom. The number of carbonyl (C=O) groups is 2. The number of imidazole rings is 1. The Morgan fingerprint density at radius 2 is 2.06 bits per heavy atom. The zero-order valence-electron chi connectivity index (χ0n) is 16.7. The van der Waals surface area contributed by atoms with Crippen LogP contribution in [0.3, 0.4) is 0 Å². The van der Waals surface area contributed by atoms with E-state index in [1.165, 1.54) is 23.1 Å². The van der Waals surface area contributed by atoms with Gasteiger partial charge in [-0.2, -0.15) is 5.10 Å². The van der Waals surface area contributed by atoms with Crippen LogP contribution in [0.15, 0.2) is 42.9 Å². The van der Waals surface area contributed by atoms with Gasteiger partial charge < -0.3 is 21.8 Å². The highest BCUT2D eigenvalue weighted by molar-refractivity contribution is 6.30. The SMILES string of the molecule is NC(=O)c1nn(CC(=O)NCc2cccc(Cl)c2F)c2ccc(N)c(Cc3c[nH]cn3)c12. The van der Waals surface area contributed by atoms with E-state index >= 15 is 0 Å². The molecule has 164 valence electrons. The number of rotatable bonds is 7. The second-order valence-corrected chi connectivity index (χ2v) is 7.53. The minimum Gasteiger partial charge on any atom is -0.398 e. The summed E-state index contributed by atoms with van der Waals surface area (Å²) in [5.74, 6) is -1.77. The van der Waals surface area contributed by atoms with E-state index in [2.05, 4.69) is 20.4 Å². The van der Waals surface area contributed by atoms with Gasteiger partial charge in [0, 0.05) is 35.8 Å². The summed E-state index contributed by atoms with van der Waals surface area (Å²) in [6.07, 6.45) is 3.60. The molecular formula is C21H19ClFN7O2. The molecule has 6 N–H and O–H groups in total. The van der Waals surface area contributed by atoms with Crippen molar-refractivity contribution < 1.29 is 14.0 Å². The third-order valence-corrected chi connectivity index (χ3v) is 5.30. The van der Waals surface area contributed by atoms with Gasteiger partial charge in [-0.05, 0) is 23.8 Å². The minimum atomic E-state index is -0.746. The quantitative estimate of drug-likeness (QED) is 0.315. The molecule has 11 heteroatoms. The summed E-state index contributed by atoms with van der Waals surface area (Å²) in [6, 6.07) is 7.89. The Labute approximate surface area is 186 Å². The zero-order chi connectivity index (χ0) is 22.8. The van der Waals surface area contributed by atoms with Crippen LogP contribution in [-0.2, 0) is 24.3 Å². The number of fused-ring (bicyclic) bond motifs is 1. The molecule has 2 aromatic heterocycles. The summed E-state index contributed by atoms with van der Waals surface area (Å²) in [5, 5.41) is 7.32. The van der Waals surface area contributed by atoms with E-state index in [0.717, 1.165) is 0 Å². The van der Waals surface area contributed by atoms with Crippen molar-refractivity contribution in [3.63, 3.8) is 0 Å². The van der Waals surface area contributed by atoms with E-state index in [-0.39, 0.29) is 29.4 Å². The lowest BCUT2D eigenvalue weighted by molar-refractivity contribution is -0.121. The van der Waals surface area contributed by atoms with Crippen LogP contribution in [-0.4, -0.2) is 31.6 Å². The van der Waals surface area contributed by atoms with Gasteiger partial charge in [-0.15, -0.1) is 0 Å². The zero-order valence-corrected chi connectivity index (χ0v) is 17.5. The topological polar surface area (TPSA) is 145 Å². The number of primary amides is 1. The molecule has 0 saturated carbocycles. The van der Waals surface area contributed by atoms with Crippen molar-refractivity contribution in [1.82, 2.24) is 25.1 Å². The number of carbonyl (C=O) groups excluding carboxylic acids is 2. The Hall–Kier alpha value is -3.92. The minimum absolute atomic E-state index is 0.00604. The Balaban J connectivity index is 1.63. The smallest absolute Gasteiger partial charge is 0.269 e. The van der Waals surface area contributed by atoms with Crippen molar-refractivity contribution in [2.75, 3.05) is 5.73 Å².